The van der Waals surface area contributed by atoms with Crippen molar-refractivity contribution in [3.8, 4) is 0 Å². The highest BCUT2D eigenvalue weighted by Crippen LogP contribution is 2.24. The fraction of sp³-hybridized carbons (Fsp3) is 0.538. The highest BCUT2D eigenvalue weighted by molar-refractivity contribution is 5.31. The Bertz CT molecular complexity index is 296. The van der Waals surface area contributed by atoms with Crippen molar-refractivity contribution in [2.45, 2.75) is 26.7 Å². The molecule has 2 nitrogen and oxygen atoms in total. The van der Waals surface area contributed by atoms with E-state index in [9.17, 15) is 0 Å². The quantitative estimate of drug-likeness (QED) is 0.791. The topological polar surface area (TPSA) is 52.0 Å². The molecule has 0 aromatic heterocycles. The maximum absolute atomic E-state index is 5.72. The van der Waals surface area contributed by atoms with E-state index in [1.807, 2.05) is 0 Å². The molecule has 0 bridgehead atoms. The lowest BCUT2D eigenvalue weighted by molar-refractivity contribution is 0.466. The first-order chi connectivity index (χ1) is 7.08. The van der Waals surface area contributed by atoms with Crippen molar-refractivity contribution < 1.29 is 0 Å². The van der Waals surface area contributed by atoms with Gasteiger partial charge >= 0.3 is 0 Å². The second-order valence-corrected chi connectivity index (χ2v) is 4.44. The van der Waals surface area contributed by atoms with Crippen LogP contribution in [0.1, 0.15) is 29.5 Å². The third-order valence-corrected chi connectivity index (χ3v) is 3.08. The number of aryl methyl sites for hydroxylation is 2. The minimum atomic E-state index is 0.381. The van der Waals surface area contributed by atoms with Crippen molar-refractivity contribution in [3.63, 3.8) is 0 Å². The standard InChI is InChI=1S/C13H22N2/c1-9-4-10(2)6-12(5-9)11(3)13(7-14)8-15/h4-6,11,13H,7-8,14-15H2,1-3H3. The van der Waals surface area contributed by atoms with Gasteiger partial charge in [0.1, 0.15) is 0 Å². The number of hydrogen-bond acceptors (Lipinski definition) is 2. The Balaban J connectivity index is 2.94. The summed E-state index contributed by atoms with van der Waals surface area (Å²) in [4.78, 5) is 0. The Hall–Kier alpha value is -0.860. The summed E-state index contributed by atoms with van der Waals surface area (Å²) in [6.07, 6.45) is 0. The lowest BCUT2D eigenvalue weighted by Crippen LogP contribution is -2.28. The average molecular weight is 206 g/mol. The van der Waals surface area contributed by atoms with E-state index in [1.165, 1.54) is 16.7 Å². The van der Waals surface area contributed by atoms with Gasteiger partial charge in [-0.05, 0) is 44.3 Å². The van der Waals surface area contributed by atoms with Crippen molar-refractivity contribution in [1.82, 2.24) is 0 Å². The number of hydrogen-bond donors (Lipinski definition) is 2. The summed E-state index contributed by atoms with van der Waals surface area (Å²) in [6.45, 7) is 7.78. The predicted molar refractivity (Wildman–Crippen MR) is 65.9 cm³/mol. The molecule has 0 spiro atoms. The van der Waals surface area contributed by atoms with Crippen LogP contribution in [0.25, 0.3) is 0 Å². The SMILES string of the molecule is Cc1cc(C)cc(C(C)C(CN)CN)c1. The largest absolute Gasteiger partial charge is 0.330 e. The van der Waals surface area contributed by atoms with Gasteiger partial charge in [0.2, 0.25) is 0 Å². The minimum Gasteiger partial charge on any atom is -0.330 e. The molecule has 1 rings (SSSR count). The molecule has 0 saturated carbocycles. The zero-order valence-corrected chi connectivity index (χ0v) is 9.96. The summed E-state index contributed by atoms with van der Waals surface area (Å²) in [6, 6.07) is 6.65. The third-order valence-electron chi connectivity index (χ3n) is 3.08. The van der Waals surface area contributed by atoms with Gasteiger partial charge in [-0.15, -0.1) is 0 Å². The molecule has 0 fully saturated rings. The molecule has 15 heavy (non-hydrogen) atoms. The molecule has 1 aromatic rings. The van der Waals surface area contributed by atoms with E-state index >= 15 is 0 Å². The maximum Gasteiger partial charge on any atom is -0.00310 e. The molecule has 1 aromatic carbocycles. The van der Waals surface area contributed by atoms with Crippen LogP contribution in [0.2, 0.25) is 0 Å². The van der Waals surface area contributed by atoms with Crippen LogP contribution in [0.4, 0.5) is 0 Å². The highest BCUT2D eigenvalue weighted by atomic mass is 14.6. The zero-order chi connectivity index (χ0) is 11.4. The Morgan fingerprint density at radius 1 is 1.00 bits per heavy atom. The normalized spacial score (nSPS) is 13.2. The van der Waals surface area contributed by atoms with E-state index in [4.69, 9.17) is 11.5 Å². The van der Waals surface area contributed by atoms with Gasteiger partial charge in [0.25, 0.3) is 0 Å². The molecule has 0 heterocycles. The van der Waals surface area contributed by atoms with E-state index in [0.29, 0.717) is 24.9 Å². The summed E-state index contributed by atoms with van der Waals surface area (Å²) in [5.74, 6) is 0.824. The summed E-state index contributed by atoms with van der Waals surface area (Å²) in [7, 11) is 0. The molecule has 0 aliphatic carbocycles. The lowest BCUT2D eigenvalue weighted by atomic mass is 9.86. The van der Waals surface area contributed by atoms with Gasteiger partial charge < -0.3 is 11.5 Å². The van der Waals surface area contributed by atoms with E-state index in [2.05, 4.69) is 39.0 Å². The van der Waals surface area contributed by atoms with Crippen molar-refractivity contribution in [2.24, 2.45) is 17.4 Å². The van der Waals surface area contributed by atoms with Crippen LogP contribution >= 0.6 is 0 Å². The second kappa shape index (κ2) is 5.29. The third kappa shape index (κ3) is 3.05. The first kappa shape index (κ1) is 12.2. The monoisotopic (exact) mass is 206 g/mol. The first-order valence-electron chi connectivity index (χ1n) is 5.56. The van der Waals surface area contributed by atoms with E-state index in [-0.39, 0.29) is 0 Å². The fourth-order valence-corrected chi connectivity index (χ4v) is 2.05. The van der Waals surface area contributed by atoms with Gasteiger partial charge in [-0.3, -0.25) is 0 Å². The van der Waals surface area contributed by atoms with Gasteiger partial charge in [-0.25, -0.2) is 0 Å². The Labute approximate surface area is 92.7 Å². The summed E-state index contributed by atoms with van der Waals surface area (Å²) in [5.41, 5.74) is 15.4. The first-order valence-corrected chi connectivity index (χ1v) is 5.56. The Morgan fingerprint density at radius 2 is 1.47 bits per heavy atom. The molecular weight excluding hydrogens is 184 g/mol. The molecule has 1 atom stereocenters. The molecule has 4 N–H and O–H groups in total. The maximum atomic E-state index is 5.72. The lowest BCUT2D eigenvalue weighted by Gasteiger charge is -2.22. The number of benzene rings is 1. The number of nitrogens with two attached hydrogens (primary N) is 2. The van der Waals surface area contributed by atoms with Crippen molar-refractivity contribution in [2.75, 3.05) is 13.1 Å². The molecule has 0 aliphatic heterocycles. The molecule has 2 heteroatoms. The predicted octanol–water partition coefficient (Wildman–Crippen LogP) is 1.94. The van der Waals surface area contributed by atoms with E-state index < -0.39 is 0 Å². The molecule has 1 unspecified atom stereocenters. The van der Waals surface area contributed by atoms with Crippen LogP contribution in [0.3, 0.4) is 0 Å². The van der Waals surface area contributed by atoms with Crippen molar-refractivity contribution in [1.29, 1.82) is 0 Å². The van der Waals surface area contributed by atoms with Gasteiger partial charge in [-0.2, -0.15) is 0 Å². The summed E-state index contributed by atoms with van der Waals surface area (Å²) in [5, 5.41) is 0. The summed E-state index contributed by atoms with van der Waals surface area (Å²) < 4.78 is 0. The van der Waals surface area contributed by atoms with Gasteiger partial charge in [-0.1, -0.05) is 36.2 Å². The van der Waals surface area contributed by atoms with Gasteiger partial charge in [0.15, 0.2) is 0 Å². The van der Waals surface area contributed by atoms with Crippen LogP contribution in [-0.2, 0) is 0 Å². The molecule has 0 amide bonds. The van der Waals surface area contributed by atoms with Crippen molar-refractivity contribution in [3.05, 3.63) is 34.9 Å². The smallest absolute Gasteiger partial charge is 0.00310 e. The minimum absolute atomic E-state index is 0.381. The van der Waals surface area contributed by atoms with Crippen LogP contribution in [0.5, 0.6) is 0 Å². The van der Waals surface area contributed by atoms with Crippen LogP contribution in [0, 0.1) is 19.8 Å². The van der Waals surface area contributed by atoms with E-state index in [1.54, 1.807) is 0 Å². The summed E-state index contributed by atoms with van der Waals surface area (Å²) >= 11 is 0. The molecule has 84 valence electrons. The van der Waals surface area contributed by atoms with E-state index in [0.717, 1.165) is 0 Å². The Kier molecular flexibility index (Phi) is 4.30. The van der Waals surface area contributed by atoms with Gasteiger partial charge in [0, 0.05) is 0 Å². The zero-order valence-electron chi connectivity index (χ0n) is 9.96. The average Bonchev–Trinajstić information content (AvgIpc) is 2.18. The highest BCUT2D eigenvalue weighted by Gasteiger charge is 2.16. The van der Waals surface area contributed by atoms with Gasteiger partial charge in [0.05, 0.1) is 0 Å². The van der Waals surface area contributed by atoms with Crippen molar-refractivity contribution >= 4 is 0 Å². The molecule has 0 radical (unpaired) electrons. The molecule has 0 saturated heterocycles. The number of rotatable bonds is 4. The molecule has 0 aliphatic rings. The molecular formula is C13H22N2. The second-order valence-electron chi connectivity index (χ2n) is 4.44. The van der Waals surface area contributed by atoms with Crippen LogP contribution in [-0.4, -0.2) is 13.1 Å². The fourth-order valence-electron chi connectivity index (χ4n) is 2.05. The Morgan fingerprint density at radius 3 is 1.87 bits per heavy atom. The van der Waals surface area contributed by atoms with Crippen LogP contribution < -0.4 is 11.5 Å². The van der Waals surface area contributed by atoms with Crippen LogP contribution in [0.15, 0.2) is 18.2 Å².